The van der Waals surface area contributed by atoms with Crippen LogP contribution in [0.3, 0.4) is 0 Å². The van der Waals surface area contributed by atoms with E-state index < -0.39 is 0 Å². The second kappa shape index (κ2) is 8.70. The highest BCUT2D eigenvalue weighted by atomic mass is 16.5. The summed E-state index contributed by atoms with van der Waals surface area (Å²) in [4.78, 5) is 12.2. The zero-order valence-corrected chi connectivity index (χ0v) is 14.9. The molecule has 3 heteroatoms. The lowest BCUT2D eigenvalue weighted by Crippen LogP contribution is -2.26. The Kier molecular flexibility index (Phi) is 6.10. The molecule has 1 amide bonds. The summed E-state index contributed by atoms with van der Waals surface area (Å²) in [6.07, 6.45) is 5.26. The van der Waals surface area contributed by atoms with E-state index in [-0.39, 0.29) is 5.91 Å². The van der Waals surface area contributed by atoms with Crippen molar-refractivity contribution in [1.82, 2.24) is 5.32 Å². The van der Waals surface area contributed by atoms with Crippen LogP contribution in [0.4, 0.5) is 0 Å². The molecule has 0 heterocycles. The van der Waals surface area contributed by atoms with Crippen LogP contribution < -0.4 is 10.1 Å². The fraction of sp³-hybridized carbons (Fsp3) is 0.409. The van der Waals surface area contributed by atoms with Gasteiger partial charge in [0.05, 0.1) is 7.11 Å². The van der Waals surface area contributed by atoms with Crippen molar-refractivity contribution in [3.8, 4) is 5.75 Å². The molecule has 0 aromatic heterocycles. The highest BCUT2D eigenvalue weighted by Gasteiger charge is 2.24. The lowest BCUT2D eigenvalue weighted by Gasteiger charge is -2.28. The normalized spacial score (nSPS) is 20.0. The molecule has 1 N–H and O–H groups in total. The monoisotopic (exact) mass is 337 g/mol. The molecule has 0 unspecified atom stereocenters. The van der Waals surface area contributed by atoms with Gasteiger partial charge in [-0.25, -0.2) is 0 Å². The zero-order chi connectivity index (χ0) is 17.5. The first-order chi connectivity index (χ1) is 12.2. The maximum Gasteiger partial charge on any atom is 0.220 e. The van der Waals surface area contributed by atoms with Gasteiger partial charge in [-0.2, -0.15) is 0 Å². The molecule has 1 saturated carbocycles. The molecule has 0 saturated heterocycles. The van der Waals surface area contributed by atoms with Crippen molar-refractivity contribution in [2.75, 3.05) is 7.11 Å². The Balaban J connectivity index is 1.41. The minimum Gasteiger partial charge on any atom is -0.497 e. The van der Waals surface area contributed by atoms with Gasteiger partial charge in [0.1, 0.15) is 5.75 Å². The third kappa shape index (κ3) is 5.09. The first-order valence-corrected chi connectivity index (χ1v) is 9.19. The number of nitrogens with one attached hydrogen (secondary N) is 1. The Hall–Kier alpha value is -2.29. The van der Waals surface area contributed by atoms with E-state index in [1.165, 1.54) is 18.4 Å². The molecule has 0 bridgehead atoms. The Morgan fingerprint density at radius 2 is 1.68 bits per heavy atom. The molecule has 3 rings (SSSR count). The van der Waals surface area contributed by atoms with Gasteiger partial charge >= 0.3 is 0 Å². The molecule has 0 radical (unpaired) electrons. The number of hydrogen-bond donors (Lipinski definition) is 1. The first kappa shape index (κ1) is 17.5. The molecule has 0 spiro atoms. The van der Waals surface area contributed by atoms with Crippen LogP contribution in [-0.2, 0) is 11.3 Å². The van der Waals surface area contributed by atoms with Crippen molar-refractivity contribution in [1.29, 1.82) is 0 Å². The predicted octanol–water partition coefficient (Wildman–Crippen LogP) is 4.68. The van der Waals surface area contributed by atoms with Crippen LogP contribution in [0, 0.1) is 5.92 Å². The number of carbonyl (C=O) groups excluding carboxylic acids is 1. The van der Waals surface area contributed by atoms with Crippen molar-refractivity contribution in [3.63, 3.8) is 0 Å². The number of benzene rings is 2. The molecule has 2 aromatic carbocycles. The third-order valence-corrected chi connectivity index (χ3v) is 5.24. The van der Waals surface area contributed by atoms with Gasteiger partial charge < -0.3 is 10.1 Å². The molecule has 1 aliphatic carbocycles. The van der Waals surface area contributed by atoms with Crippen LogP contribution in [0.5, 0.6) is 5.75 Å². The SMILES string of the molecule is COc1ccc([C@H]2CC[C@@H](CC(=O)NCc3ccccc3)CC2)cc1. The molecular formula is C22H27NO2. The van der Waals surface area contributed by atoms with Gasteiger partial charge in [0, 0.05) is 13.0 Å². The zero-order valence-electron chi connectivity index (χ0n) is 14.9. The molecule has 0 aliphatic heterocycles. The third-order valence-electron chi connectivity index (χ3n) is 5.24. The molecular weight excluding hydrogens is 310 g/mol. The molecule has 0 atom stereocenters. The first-order valence-electron chi connectivity index (χ1n) is 9.19. The van der Waals surface area contributed by atoms with Gasteiger partial charge in [0.15, 0.2) is 0 Å². The lowest BCUT2D eigenvalue weighted by atomic mass is 9.77. The van der Waals surface area contributed by atoms with Gasteiger partial charge in [0.2, 0.25) is 5.91 Å². The van der Waals surface area contributed by atoms with E-state index in [0.717, 1.165) is 24.2 Å². The summed E-state index contributed by atoms with van der Waals surface area (Å²) in [5, 5.41) is 3.05. The number of rotatable bonds is 6. The smallest absolute Gasteiger partial charge is 0.220 e. The maximum atomic E-state index is 12.2. The number of carbonyl (C=O) groups is 1. The van der Waals surface area contributed by atoms with Crippen LogP contribution in [-0.4, -0.2) is 13.0 Å². The second-order valence-electron chi connectivity index (χ2n) is 6.96. The predicted molar refractivity (Wildman–Crippen MR) is 101 cm³/mol. The standard InChI is InChI=1S/C22H27NO2/c1-25-21-13-11-20(12-14-21)19-9-7-17(8-10-19)15-22(24)23-16-18-5-3-2-4-6-18/h2-6,11-14,17,19H,7-10,15-16H2,1H3,(H,23,24)/t17-,19+. The Morgan fingerprint density at radius 1 is 1.00 bits per heavy atom. The van der Waals surface area contributed by atoms with Crippen molar-refractivity contribution in [2.24, 2.45) is 5.92 Å². The van der Waals surface area contributed by atoms with Crippen molar-refractivity contribution in [3.05, 3.63) is 65.7 Å². The fourth-order valence-electron chi connectivity index (χ4n) is 3.71. The van der Waals surface area contributed by atoms with Crippen molar-refractivity contribution in [2.45, 2.75) is 44.6 Å². The molecule has 1 aliphatic rings. The second-order valence-corrected chi connectivity index (χ2v) is 6.96. The van der Waals surface area contributed by atoms with Gasteiger partial charge in [-0.1, -0.05) is 42.5 Å². The topological polar surface area (TPSA) is 38.3 Å². The Bertz CT molecular complexity index is 658. The molecule has 132 valence electrons. The highest BCUT2D eigenvalue weighted by Crippen LogP contribution is 2.37. The minimum atomic E-state index is 0.178. The largest absolute Gasteiger partial charge is 0.497 e. The summed E-state index contributed by atoms with van der Waals surface area (Å²) in [5.41, 5.74) is 2.55. The molecule has 25 heavy (non-hydrogen) atoms. The summed E-state index contributed by atoms with van der Waals surface area (Å²) in [6, 6.07) is 18.5. The van der Waals surface area contributed by atoms with Crippen LogP contribution >= 0.6 is 0 Å². The molecule has 2 aromatic rings. The van der Waals surface area contributed by atoms with Gasteiger partial charge in [-0.3, -0.25) is 4.79 Å². The average molecular weight is 337 g/mol. The van der Waals surface area contributed by atoms with Crippen molar-refractivity contribution >= 4 is 5.91 Å². The average Bonchev–Trinajstić information content (AvgIpc) is 2.68. The fourth-order valence-corrected chi connectivity index (χ4v) is 3.71. The van der Waals surface area contributed by atoms with E-state index in [1.54, 1.807) is 7.11 Å². The number of ether oxygens (including phenoxy) is 1. The Labute approximate surface area is 150 Å². The van der Waals surface area contributed by atoms with Crippen LogP contribution in [0.1, 0.15) is 49.1 Å². The van der Waals surface area contributed by atoms with E-state index in [0.29, 0.717) is 24.8 Å². The van der Waals surface area contributed by atoms with Crippen LogP contribution in [0.25, 0.3) is 0 Å². The van der Waals surface area contributed by atoms with Gasteiger partial charge in [-0.15, -0.1) is 0 Å². The van der Waals surface area contributed by atoms with E-state index in [2.05, 4.69) is 17.4 Å². The van der Waals surface area contributed by atoms with Gasteiger partial charge in [-0.05, 0) is 60.8 Å². The Morgan fingerprint density at radius 3 is 2.32 bits per heavy atom. The van der Waals surface area contributed by atoms with Gasteiger partial charge in [0.25, 0.3) is 0 Å². The minimum absolute atomic E-state index is 0.178. The summed E-state index contributed by atoms with van der Waals surface area (Å²) in [6.45, 7) is 0.626. The van der Waals surface area contributed by atoms with E-state index in [1.807, 2.05) is 42.5 Å². The summed E-state index contributed by atoms with van der Waals surface area (Å²) >= 11 is 0. The number of amides is 1. The summed E-state index contributed by atoms with van der Waals surface area (Å²) in [5.74, 6) is 2.23. The van der Waals surface area contributed by atoms with Crippen LogP contribution in [0.15, 0.2) is 54.6 Å². The summed E-state index contributed by atoms with van der Waals surface area (Å²) in [7, 11) is 1.70. The number of hydrogen-bond acceptors (Lipinski definition) is 2. The van der Waals surface area contributed by atoms with Crippen molar-refractivity contribution < 1.29 is 9.53 Å². The summed E-state index contributed by atoms with van der Waals surface area (Å²) < 4.78 is 5.23. The van der Waals surface area contributed by atoms with E-state index >= 15 is 0 Å². The highest BCUT2D eigenvalue weighted by molar-refractivity contribution is 5.76. The molecule has 3 nitrogen and oxygen atoms in total. The quantitative estimate of drug-likeness (QED) is 0.831. The molecule has 1 fully saturated rings. The number of methoxy groups -OCH3 is 1. The van der Waals surface area contributed by atoms with E-state index in [4.69, 9.17) is 4.74 Å². The maximum absolute atomic E-state index is 12.2. The lowest BCUT2D eigenvalue weighted by molar-refractivity contribution is -0.122. The van der Waals surface area contributed by atoms with Crippen LogP contribution in [0.2, 0.25) is 0 Å². The van der Waals surface area contributed by atoms with E-state index in [9.17, 15) is 4.79 Å².